The predicted octanol–water partition coefficient (Wildman–Crippen LogP) is 0.711. The molecule has 2 heterocycles. The maximum atomic E-state index is 12.1. The number of carbonyl (C=O) groups excluding carboxylic acids is 1. The smallest absolute Gasteiger partial charge is 0.221 e. The fraction of sp³-hybridized carbons (Fsp3) is 0.750. The summed E-state index contributed by atoms with van der Waals surface area (Å²) in [6, 6.07) is 0.331. The molecule has 0 aliphatic carbocycles. The molecule has 1 fully saturated rings. The summed E-state index contributed by atoms with van der Waals surface area (Å²) in [5, 5.41) is 10.3. The molecule has 1 aliphatic heterocycles. The van der Waals surface area contributed by atoms with Crippen LogP contribution in [0.1, 0.15) is 29.8 Å². The minimum atomic E-state index is 0.160. The number of aromatic nitrogens is 2. The van der Waals surface area contributed by atoms with Crippen molar-refractivity contribution in [1.29, 1.82) is 0 Å². The maximum Gasteiger partial charge on any atom is 0.221 e. The first-order valence-corrected chi connectivity index (χ1v) is 8.13. The van der Waals surface area contributed by atoms with Gasteiger partial charge in [0.05, 0.1) is 5.69 Å². The number of nitrogens with zero attached hydrogens (tertiary/aromatic N) is 3. The van der Waals surface area contributed by atoms with Crippen molar-refractivity contribution in [2.24, 2.45) is 0 Å². The summed E-state index contributed by atoms with van der Waals surface area (Å²) in [7, 11) is 4.23. The van der Waals surface area contributed by atoms with Gasteiger partial charge in [0.1, 0.15) is 0 Å². The summed E-state index contributed by atoms with van der Waals surface area (Å²) in [6.07, 6.45) is 2.50. The summed E-state index contributed by atoms with van der Waals surface area (Å²) in [6.45, 7) is 7.88. The van der Waals surface area contributed by atoms with Crippen LogP contribution in [0.25, 0.3) is 0 Å². The van der Waals surface area contributed by atoms with Crippen molar-refractivity contribution in [3.8, 4) is 0 Å². The molecule has 1 atom stereocenters. The summed E-state index contributed by atoms with van der Waals surface area (Å²) in [5.74, 6) is 0.160. The van der Waals surface area contributed by atoms with E-state index in [4.69, 9.17) is 0 Å². The van der Waals surface area contributed by atoms with Gasteiger partial charge in [0.15, 0.2) is 0 Å². The monoisotopic (exact) mass is 307 g/mol. The summed E-state index contributed by atoms with van der Waals surface area (Å²) in [4.78, 5) is 16.7. The molecule has 2 rings (SSSR count). The largest absolute Gasteiger partial charge is 0.356 e. The first-order chi connectivity index (χ1) is 10.5. The second-order valence-electron chi connectivity index (χ2n) is 6.47. The van der Waals surface area contributed by atoms with Crippen molar-refractivity contribution < 1.29 is 4.79 Å². The first kappa shape index (κ1) is 17.0. The van der Waals surface area contributed by atoms with Crippen LogP contribution in [0.15, 0.2) is 0 Å². The van der Waals surface area contributed by atoms with Gasteiger partial charge in [0.25, 0.3) is 0 Å². The summed E-state index contributed by atoms with van der Waals surface area (Å²) >= 11 is 0. The Morgan fingerprint density at radius 3 is 2.82 bits per heavy atom. The quantitative estimate of drug-likeness (QED) is 0.760. The van der Waals surface area contributed by atoms with E-state index in [1.807, 2.05) is 13.8 Å². The Labute approximate surface area is 133 Å². The molecular formula is C16H29N5O. The van der Waals surface area contributed by atoms with Gasteiger partial charge >= 0.3 is 0 Å². The molecule has 0 radical (unpaired) electrons. The number of aryl methyl sites for hydroxylation is 2. The van der Waals surface area contributed by atoms with E-state index in [0.29, 0.717) is 12.5 Å². The second-order valence-corrected chi connectivity index (χ2v) is 6.47. The number of carbonyl (C=O) groups is 1. The molecule has 1 amide bonds. The molecule has 22 heavy (non-hydrogen) atoms. The standard InChI is InChI=1S/C16H29N5O/c1-12-15(13(2)19-18-12)6-5-7-17-16(22)10-14-11-20(3)8-9-21(14)4/h14H,5-11H2,1-4H3,(H,17,22)(H,18,19)/t14-/m0/s1. The van der Waals surface area contributed by atoms with Gasteiger partial charge in [-0.1, -0.05) is 0 Å². The van der Waals surface area contributed by atoms with E-state index >= 15 is 0 Å². The van der Waals surface area contributed by atoms with E-state index in [1.54, 1.807) is 0 Å². The lowest BCUT2D eigenvalue weighted by Crippen LogP contribution is -2.51. The number of likely N-dealkylation sites (N-methyl/N-ethyl adjacent to an activating group) is 2. The molecule has 6 nitrogen and oxygen atoms in total. The molecule has 0 spiro atoms. The maximum absolute atomic E-state index is 12.1. The average molecular weight is 307 g/mol. The Bertz CT molecular complexity index is 479. The van der Waals surface area contributed by atoms with Gasteiger partial charge in [-0.15, -0.1) is 0 Å². The van der Waals surface area contributed by atoms with Crippen LogP contribution >= 0.6 is 0 Å². The lowest BCUT2D eigenvalue weighted by atomic mass is 10.1. The van der Waals surface area contributed by atoms with Crippen molar-refractivity contribution in [3.05, 3.63) is 17.0 Å². The number of aromatic amines is 1. The second kappa shape index (κ2) is 7.74. The molecule has 1 aromatic rings. The number of piperazine rings is 1. The van der Waals surface area contributed by atoms with Crippen LogP contribution in [0.5, 0.6) is 0 Å². The Kier molecular flexibility index (Phi) is 5.97. The van der Waals surface area contributed by atoms with E-state index in [2.05, 4.69) is 39.4 Å². The molecule has 6 heteroatoms. The molecule has 0 bridgehead atoms. The molecule has 0 saturated carbocycles. The Morgan fingerprint density at radius 1 is 1.36 bits per heavy atom. The first-order valence-electron chi connectivity index (χ1n) is 8.13. The number of rotatable bonds is 6. The van der Waals surface area contributed by atoms with E-state index in [-0.39, 0.29) is 5.91 Å². The van der Waals surface area contributed by atoms with Crippen LogP contribution in [0, 0.1) is 13.8 Å². The Balaban J connectivity index is 1.67. The van der Waals surface area contributed by atoms with Gasteiger partial charge in [0, 0.05) is 44.3 Å². The minimum Gasteiger partial charge on any atom is -0.356 e. The van der Waals surface area contributed by atoms with Gasteiger partial charge in [-0.3, -0.25) is 9.89 Å². The number of nitrogens with one attached hydrogen (secondary N) is 2. The third-order valence-electron chi connectivity index (χ3n) is 4.61. The highest BCUT2D eigenvalue weighted by Crippen LogP contribution is 2.12. The van der Waals surface area contributed by atoms with Crippen molar-refractivity contribution in [3.63, 3.8) is 0 Å². The molecule has 1 saturated heterocycles. The van der Waals surface area contributed by atoms with Gasteiger partial charge in [0.2, 0.25) is 5.91 Å². The highest BCUT2D eigenvalue weighted by atomic mass is 16.1. The van der Waals surface area contributed by atoms with Crippen LogP contribution in [-0.4, -0.2) is 72.2 Å². The topological polar surface area (TPSA) is 64.3 Å². The third-order valence-corrected chi connectivity index (χ3v) is 4.61. The fourth-order valence-electron chi connectivity index (χ4n) is 3.04. The average Bonchev–Trinajstić information content (AvgIpc) is 2.79. The normalized spacial score (nSPS) is 20.3. The molecule has 124 valence electrons. The van der Waals surface area contributed by atoms with Gasteiger partial charge in [-0.25, -0.2) is 0 Å². The zero-order valence-corrected chi connectivity index (χ0v) is 14.3. The van der Waals surface area contributed by atoms with Gasteiger partial charge < -0.3 is 15.1 Å². The van der Waals surface area contributed by atoms with Crippen LogP contribution in [0.2, 0.25) is 0 Å². The third kappa shape index (κ3) is 4.55. The van der Waals surface area contributed by atoms with E-state index in [9.17, 15) is 4.79 Å². The lowest BCUT2D eigenvalue weighted by Gasteiger charge is -2.37. The van der Waals surface area contributed by atoms with Crippen molar-refractivity contribution in [2.45, 2.75) is 39.2 Å². The van der Waals surface area contributed by atoms with Crippen molar-refractivity contribution in [2.75, 3.05) is 40.3 Å². The Hall–Kier alpha value is -1.40. The van der Waals surface area contributed by atoms with Gasteiger partial charge in [-0.05, 0) is 46.3 Å². The Morgan fingerprint density at radius 2 is 2.14 bits per heavy atom. The summed E-state index contributed by atoms with van der Waals surface area (Å²) < 4.78 is 0. The SMILES string of the molecule is Cc1n[nH]c(C)c1CCCNC(=O)C[C@H]1CN(C)CCN1C. The zero-order valence-electron chi connectivity index (χ0n) is 14.3. The van der Waals surface area contributed by atoms with Gasteiger partial charge in [-0.2, -0.15) is 5.10 Å². The molecule has 0 unspecified atom stereocenters. The number of amides is 1. The van der Waals surface area contributed by atoms with Crippen LogP contribution < -0.4 is 5.32 Å². The number of H-pyrrole nitrogens is 1. The van der Waals surface area contributed by atoms with Crippen LogP contribution in [0.4, 0.5) is 0 Å². The van der Waals surface area contributed by atoms with E-state index < -0.39 is 0 Å². The van der Waals surface area contributed by atoms with Crippen LogP contribution in [0.3, 0.4) is 0 Å². The highest BCUT2D eigenvalue weighted by Gasteiger charge is 2.24. The highest BCUT2D eigenvalue weighted by molar-refractivity contribution is 5.76. The van der Waals surface area contributed by atoms with E-state index in [1.165, 1.54) is 5.56 Å². The molecule has 1 aliphatic rings. The van der Waals surface area contributed by atoms with E-state index in [0.717, 1.165) is 50.4 Å². The number of hydrogen-bond acceptors (Lipinski definition) is 4. The van der Waals surface area contributed by atoms with Crippen molar-refractivity contribution >= 4 is 5.91 Å². The number of hydrogen-bond donors (Lipinski definition) is 2. The fourth-order valence-corrected chi connectivity index (χ4v) is 3.04. The molecular weight excluding hydrogens is 278 g/mol. The lowest BCUT2D eigenvalue weighted by molar-refractivity contribution is -0.122. The molecule has 1 aromatic heterocycles. The molecule has 0 aromatic carbocycles. The predicted molar refractivity (Wildman–Crippen MR) is 87.9 cm³/mol. The minimum absolute atomic E-state index is 0.160. The van der Waals surface area contributed by atoms with Crippen molar-refractivity contribution in [1.82, 2.24) is 25.3 Å². The molecule has 2 N–H and O–H groups in total. The van der Waals surface area contributed by atoms with Crippen LogP contribution in [-0.2, 0) is 11.2 Å². The zero-order chi connectivity index (χ0) is 16.1. The summed E-state index contributed by atoms with van der Waals surface area (Å²) in [5.41, 5.74) is 3.48.